The standard InChI is InChI=1S/C57H90NO8P/c1-3-5-7-9-11-13-15-17-18-19-20-21-22-23-24-25-26-27-28-29-30-31-32-33-34-35-36-38-40-42-44-46-48-50-57(60)66-55(54-65-67(61,62)64-52-51-58)53-63-56(59)49-47-45-43-41-39-37-16-14-12-10-8-6-4-2/h5-8,11-14,17-18,20-21,23-24,26-27,29-30,32-33,37,39,43,45,55H,3-4,9-10,15-16,19,22,25,28,31,34-36,38,40-42,44,46-54,58H2,1-2H3,(H,61,62)/b7-5-,8-6-,13-11-,14-12-,18-17-,21-20-,24-23-,27-26-,30-29-,33-32-,39-37-,45-43-. The van der Waals surface area contributed by atoms with E-state index in [1.807, 2.05) is 12.2 Å². The molecule has 0 saturated heterocycles. The van der Waals surface area contributed by atoms with Crippen molar-refractivity contribution in [2.24, 2.45) is 5.73 Å². The summed E-state index contributed by atoms with van der Waals surface area (Å²) < 4.78 is 32.7. The highest BCUT2D eigenvalue weighted by atomic mass is 31.2. The van der Waals surface area contributed by atoms with E-state index in [1.54, 1.807) is 0 Å². The van der Waals surface area contributed by atoms with Gasteiger partial charge >= 0.3 is 19.8 Å². The van der Waals surface area contributed by atoms with Gasteiger partial charge in [-0.2, -0.15) is 0 Å². The van der Waals surface area contributed by atoms with Gasteiger partial charge in [0.1, 0.15) is 6.61 Å². The normalized spacial score (nSPS) is 14.4. The summed E-state index contributed by atoms with van der Waals surface area (Å²) in [5, 5.41) is 0. The first-order valence-electron chi connectivity index (χ1n) is 25.3. The van der Waals surface area contributed by atoms with Crippen molar-refractivity contribution in [2.75, 3.05) is 26.4 Å². The number of ether oxygens (including phenoxy) is 2. The summed E-state index contributed by atoms with van der Waals surface area (Å²) in [5.41, 5.74) is 5.35. The number of nitrogens with two attached hydrogens (primary N) is 1. The highest BCUT2D eigenvalue weighted by molar-refractivity contribution is 7.47. The number of rotatable bonds is 45. The SMILES string of the molecule is CC/C=C\C/C=C\C/C=C\C/C=C\C/C=C\C/C=C\C/C=C\C/C=C\CCCCCCCCCCC(=O)OC(COC(=O)CC/C=C\C/C=C\C/C=C\C/C=C\CC)COP(=O)(O)OCCN. The van der Waals surface area contributed by atoms with E-state index in [0.29, 0.717) is 12.8 Å². The van der Waals surface area contributed by atoms with E-state index in [9.17, 15) is 19.0 Å². The Kier molecular flexibility index (Phi) is 48.1. The molecule has 0 heterocycles. The van der Waals surface area contributed by atoms with Gasteiger partial charge in [-0.3, -0.25) is 18.6 Å². The van der Waals surface area contributed by atoms with Crippen molar-refractivity contribution < 1.29 is 37.6 Å². The molecule has 10 heteroatoms. The van der Waals surface area contributed by atoms with E-state index in [4.69, 9.17) is 24.3 Å². The number of allylic oxidation sites excluding steroid dienone is 24. The molecule has 0 fully saturated rings. The molecule has 0 aliphatic carbocycles. The fourth-order valence-corrected chi connectivity index (χ4v) is 6.84. The number of carbonyl (C=O) groups excluding carboxylic acids is 2. The quantitative estimate of drug-likeness (QED) is 0.0265. The van der Waals surface area contributed by atoms with Gasteiger partial charge in [0.25, 0.3) is 0 Å². The van der Waals surface area contributed by atoms with Gasteiger partial charge < -0.3 is 20.1 Å². The van der Waals surface area contributed by atoms with Crippen LogP contribution in [0, 0.1) is 0 Å². The number of hydrogen-bond acceptors (Lipinski definition) is 8. The summed E-state index contributed by atoms with van der Waals surface area (Å²) in [4.78, 5) is 34.9. The number of hydrogen-bond donors (Lipinski definition) is 2. The van der Waals surface area contributed by atoms with Crippen LogP contribution in [-0.4, -0.2) is 49.3 Å². The molecule has 376 valence electrons. The second kappa shape index (κ2) is 51.3. The molecule has 2 unspecified atom stereocenters. The van der Waals surface area contributed by atoms with E-state index >= 15 is 0 Å². The molecule has 0 radical (unpaired) electrons. The summed E-state index contributed by atoms with van der Waals surface area (Å²) >= 11 is 0. The van der Waals surface area contributed by atoms with Crippen LogP contribution in [0.2, 0.25) is 0 Å². The van der Waals surface area contributed by atoms with Crippen LogP contribution in [-0.2, 0) is 32.7 Å². The zero-order valence-electron chi connectivity index (χ0n) is 41.6. The first-order valence-corrected chi connectivity index (χ1v) is 26.8. The second-order valence-electron chi connectivity index (χ2n) is 15.9. The Hall–Kier alpha value is -4.11. The molecule has 0 amide bonds. The van der Waals surface area contributed by atoms with Crippen molar-refractivity contribution in [3.8, 4) is 0 Å². The molecular weight excluding hydrogens is 858 g/mol. The van der Waals surface area contributed by atoms with Gasteiger partial charge in [0.2, 0.25) is 0 Å². The van der Waals surface area contributed by atoms with Crippen LogP contribution >= 0.6 is 7.82 Å². The molecule has 67 heavy (non-hydrogen) atoms. The number of carbonyl (C=O) groups is 2. The molecule has 0 aliphatic heterocycles. The van der Waals surface area contributed by atoms with E-state index < -0.39 is 32.5 Å². The van der Waals surface area contributed by atoms with Crippen LogP contribution in [0.15, 0.2) is 146 Å². The Morgan fingerprint density at radius 1 is 0.448 bits per heavy atom. The van der Waals surface area contributed by atoms with Crippen molar-refractivity contribution in [1.29, 1.82) is 0 Å². The Bertz CT molecular complexity index is 1600. The minimum Gasteiger partial charge on any atom is -0.462 e. The molecule has 0 bridgehead atoms. The average Bonchev–Trinajstić information content (AvgIpc) is 3.32. The maximum Gasteiger partial charge on any atom is 0.472 e. The van der Waals surface area contributed by atoms with Crippen LogP contribution in [0.5, 0.6) is 0 Å². The van der Waals surface area contributed by atoms with Crippen molar-refractivity contribution in [3.05, 3.63) is 146 Å². The third kappa shape index (κ3) is 51.1. The van der Waals surface area contributed by atoms with E-state index in [-0.39, 0.29) is 32.6 Å². The Labute approximate surface area is 407 Å². The van der Waals surface area contributed by atoms with Crippen molar-refractivity contribution in [1.82, 2.24) is 0 Å². The maximum absolute atomic E-state index is 12.6. The summed E-state index contributed by atoms with van der Waals surface area (Å²) in [6, 6.07) is 0. The third-order valence-electron chi connectivity index (χ3n) is 9.73. The van der Waals surface area contributed by atoms with Gasteiger partial charge in [-0.1, -0.05) is 198 Å². The molecule has 3 N–H and O–H groups in total. The predicted molar refractivity (Wildman–Crippen MR) is 283 cm³/mol. The molecule has 0 aromatic rings. The lowest BCUT2D eigenvalue weighted by Crippen LogP contribution is -2.29. The van der Waals surface area contributed by atoms with Crippen LogP contribution < -0.4 is 5.73 Å². The molecule has 0 aromatic carbocycles. The van der Waals surface area contributed by atoms with Crippen molar-refractivity contribution >= 4 is 19.8 Å². The minimum atomic E-state index is -4.41. The summed E-state index contributed by atoms with van der Waals surface area (Å²) in [5.74, 6) is -0.948. The lowest BCUT2D eigenvalue weighted by atomic mass is 10.1. The minimum absolute atomic E-state index is 0.0348. The lowest BCUT2D eigenvalue weighted by Gasteiger charge is -2.19. The van der Waals surface area contributed by atoms with Crippen molar-refractivity contribution in [3.63, 3.8) is 0 Å². The van der Waals surface area contributed by atoms with E-state index in [2.05, 4.69) is 148 Å². The van der Waals surface area contributed by atoms with Gasteiger partial charge in [0.15, 0.2) is 6.10 Å². The molecule has 0 rings (SSSR count). The summed E-state index contributed by atoms with van der Waals surface area (Å²) in [7, 11) is -4.41. The van der Waals surface area contributed by atoms with Crippen LogP contribution in [0.4, 0.5) is 0 Å². The number of esters is 2. The second-order valence-corrected chi connectivity index (χ2v) is 17.4. The largest absolute Gasteiger partial charge is 0.472 e. The number of unbranched alkanes of at least 4 members (excludes halogenated alkanes) is 8. The highest BCUT2D eigenvalue weighted by Crippen LogP contribution is 2.43. The van der Waals surface area contributed by atoms with Gasteiger partial charge in [-0.25, -0.2) is 4.57 Å². The molecule has 0 aromatic heterocycles. The predicted octanol–water partition coefficient (Wildman–Crippen LogP) is 15.6. The zero-order valence-corrected chi connectivity index (χ0v) is 42.5. The van der Waals surface area contributed by atoms with Crippen LogP contribution in [0.25, 0.3) is 0 Å². The van der Waals surface area contributed by atoms with Crippen molar-refractivity contribution in [2.45, 2.75) is 174 Å². The lowest BCUT2D eigenvalue weighted by molar-refractivity contribution is -0.161. The number of phosphoric ester groups is 1. The van der Waals surface area contributed by atoms with Gasteiger partial charge in [-0.05, 0) is 103 Å². The molecule has 0 saturated carbocycles. The van der Waals surface area contributed by atoms with Gasteiger partial charge in [-0.15, -0.1) is 0 Å². The number of phosphoric acid groups is 1. The molecule has 0 aliphatic rings. The summed E-state index contributed by atoms with van der Waals surface area (Å²) in [6.45, 7) is 3.37. The monoisotopic (exact) mass is 948 g/mol. The fraction of sp³-hybridized carbons (Fsp3) is 0.544. The first-order chi connectivity index (χ1) is 32.8. The Balaban J connectivity index is 4.10. The molecule has 2 atom stereocenters. The van der Waals surface area contributed by atoms with Crippen LogP contribution in [0.3, 0.4) is 0 Å². The van der Waals surface area contributed by atoms with Gasteiger partial charge in [0.05, 0.1) is 13.2 Å². The van der Waals surface area contributed by atoms with Gasteiger partial charge in [0, 0.05) is 19.4 Å². The fourth-order valence-electron chi connectivity index (χ4n) is 6.07. The topological polar surface area (TPSA) is 134 Å². The smallest absolute Gasteiger partial charge is 0.462 e. The summed E-state index contributed by atoms with van der Waals surface area (Å²) in [6.07, 6.45) is 73.4. The molecule has 9 nitrogen and oxygen atoms in total. The average molecular weight is 948 g/mol. The first kappa shape index (κ1) is 62.9. The zero-order chi connectivity index (χ0) is 48.8. The molecule has 0 spiro atoms. The van der Waals surface area contributed by atoms with Crippen LogP contribution in [0.1, 0.15) is 168 Å². The van der Waals surface area contributed by atoms with E-state index in [1.165, 1.54) is 25.7 Å². The Morgan fingerprint density at radius 2 is 0.806 bits per heavy atom. The third-order valence-corrected chi connectivity index (χ3v) is 10.7. The molecular formula is C57H90NO8P. The highest BCUT2D eigenvalue weighted by Gasteiger charge is 2.26. The maximum atomic E-state index is 12.6. The Morgan fingerprint density at radius 3 is 1.21 bits per heavy atom. The van der Waals surface area contributed by atoms with E-state index in [0.717, 1.165) is 103 Å².